The van der Waals surface area contributed by atoms with Gasteiger partial charge in [0.15, 0.2) is 5.82 Å². The van der Waals surface area contributed by atoms with E-state index in [0.29, 0.717) is 18.1 Å². The zero-order valence-electron chi connectivity index (χ0n) is 12.1. The largest absolute Gasteiger partial charge is 0.375 e. The first kappa shape index (κ1) is 13.1. The summed E-state index contributed by atoms with van der Waals surface area (Å²) < 4.78 is 5.82. The molecule has 0 radical (unpaired) electrons. The molecule has 19 heavy (non-hydrogen) atoms. The standard InChI is InChI=1S/C14H24N4O/c1-14(2,3)13-16-12(17-18-13)9-4-5-11-10(8-9)15-6-7-19-11/h9-11,15H,4-8H2,1-3H3,(H,16,17,18)/t9-,10+,11+/m0/s1. The molecule has 3 atom stereocenters. The van der Waals surface area contributed by atoms with Crippen LogP contribution in [-0.4, -0.2) is 40.5 Å². The van der Waals surface area contributed by atoms with Crippen molar-refractivity contribution >= 4 is 0 Å². The highest BCUT2D eigenvalue weighted by Crippen LogP contribution is 2.34. The Morgan fingerprint density at radius 1 is 1.26 bits per heavy atom. The van der Waals surface area contributed by atoms with Crippen molar-refractivity contribution in [2.75, 3.05) is 13.2 Å². The van der Waals surface area contributed by atoms with Crippen LogP contribution in [0.3, 0.4) is 0 Å². The second-order valence-electron chi connectivity index (χ2n) is 6.77. The van der Waals surface area contributed by atoms with Gasteiger partial charge in [-0.3, -0.25) is 5.10 Å². The number of aromatic amines is 1. The molecular formula is C14H24N4O. The summed E-state index contributed by atoms with van der Waals surface area (Å²) in [5, 5.41) is 11.1. The molecule has 5 heteroatoms. The van der Waals surface area contributed by atoms with Gasteiger partial charge in [-0.1, -0.05) is 20.8 Å². The number of nitrogens with zero attached hydrogens (tertiary/aromatic N) is 2. The molecular weight excluding hydrogens is 240 g/mol. The van der Waals surface area contributed by atoms with Gasteiger partial charge in [0.25, 0.3) is 0 Å². The third kappa shape index (κ3) is 2.67. The Morgan fingerprint density at radius 3 is 2.84 bits per heavy atom. The smallest absolute Gasteiger partial charge is 0.156 e. The molecule has 0 bridgehead atoms. The maximum atomic E-state index is 5.82. The van der Waals surface area contributed by atoms with Crippen molar-refractivity contribution in [1.82, 2.24) is 20.5 Å². The Balaban J connectivity index is 1.71. The Bertz CT molecular complexity index is 437. The number of rotatable bonds is 1. The quantitative estimate of drug-likeness (QED) is 0.811. The fraction of sp³-hybridized carbons (Fsp3) is 0.857. The molecule has 1 aromatic heterocycles. The molecule has 0 spiro atoms. The molecule has 1 saturated heterocycles. The van der Waals surface area contributed by atoms with E-state index in [1.807, 2.05) is 0 Å². The molecule has 1 aliphatic heterocycles. The summed E-state index contributed by atoms with van der Waals surface area (Å²) in [7, 11) is 0. The number of morpholine rings is 1. The topological polar surface area (TPSA) is 62.8 Å². The minimum atomic E-state index is 0.0121. The average molecular weight is 264 g/mol. The number of nitrogens with one attached hydrogen (secondary N) is 2. The van der Waals surface area contributed by atoms with E-state index >= 15 is 0 Å². The first-order chi connectivity index (χ1) is 9.04. The molecule has 0 amide bonds. The maximum Gasteiger partial charge on any atom is 0.156 e. The van der Waals surface area contributed by atoms with Crippen molar-refractivity contribution in [2.45, 2.75) is 63.5 Å². The van der Waals surface area contributed by atoms with Gasteiger partial charge in [0.05, 0.1) is 12.7 Å². The average Bonchev–Trinajstić information content (AvgIpc) is 2.87. The highest BCUT2D eigenvalue weighted by molar-refractivity contribution is 5.07. The summed E-state index contributed by atoms with van der Waals surface area (Å²) in [5.74, 6) is 2.45. The Kier molecular flexibility index (Phi) is 3.35. The molecule has 106 valence electrons. The lowest BCUT2D eigenvalue weighted by molar-refractivity contribution is -0.0279. The van der Waals surface area contributed by atoms with Crippen LogP contribution < -0.4 is 5.32 Å². The Morgan fingerprint density at radius 2 is 2.11 bits per heavy atom. The van der Waals surface area contributed by atoms with Crippen LogP contribution >= 0.6 is 0 Å². The Hall–Kier alpha value is -0.940. The monoisotopic (exact) mass is 264 g/mol. The molecule has 0 aromatic carbocycles. The maximum absolute atomic E-state index is 5.82. The summed E-state index contributed by atoms with van der Waals surface area (Å²) in [6.07, 6.45) is 3.76. The summed E-state index contributed by atoms with van der Waals surface area (Å²) in [5.41, 5.74) is 0.0121. The van der Waals surface area contributed by atoms with Crippen LogP contribution in [0.4, 0.5) is 0 Å². The van der Waals surface area contributed by atoms with Crippen molar-refractivity contribution in [3.8, 4) is 0 Å². The molecule has 0 unspecified atom stereocenters. The lowest BCUT2D eigenvalue weighted by Gasteiger charge is -2.39. The van der Waals surface area contributed by atoms with E-state index in [1.54, 1.807) is 0 Å². The van der Waals surface area contributed by atoms with E-state index in [-0.39, 0.29) is 5.41 Å². The number of fused-ring (bicyclic) bond motifs is 1. The lowest BCUT2D eigenvalue weighted by atomic mass is 9.82. The van der Waals surface area contributed by atoms with Crippen LogP contribution in [0.1, 0.15) is 57.6 Å². The summed E-state index contributed by atoms with van der Waals surface area (Å²) >= 11 is 0. The van der Waals surface area contributed by atoms with Crippen LogP contribution in [0.25, 0.3) is 0 Å². The van der Waals surface area contributed by atoms with Crippen molar-refractivity contribution in [3.05, 3.63) is 11.6 Å². The predicted octanol–water partition coefficient (Wildman–Crippen LogP) is 1.73. The van der Waals surface area contributed by atoms with Gasteiger partial charge in [0.1, 0.15) is 5.82 Å². The van der Waals surface area contributed by atoms with E-state index in [2.05, 4.69) is 36.3 Å². The second kappa shape index (κ2) is 4.87. The van der Waals surface area contributed by atoms with Gasteiger partial charge in [-0.15, -0.1) is 0 Å². The van der Waals surface area contributed by atoms with Crippen molar-refractivity contribution in [1.29, 1.82) is 0 Å². The fourth-order valence-corrected chi connectivity index (χ4v) is 3.05. The summed E-state index contributed by atoms with van der Waals surface area (Å²) in [6, 6.07) is 0.482. The van der Waals surface area contributed by atoms with Gasteiger partial charge >= 0.3 is 0 Å². The van der Waals surface area contributed by atoms with E-state index in [4.69, 9.17) is 9.72 Å². The van der Waals surface area contributed by atoms with Gasteiger partial charge in [0, 0.05) is 23.9 Å². The van der Waals surface area contributed by atoms with Gasteiger partial charge in [-0.25, -0.2) is 4.98 Å². The Labute approximate surface area is 114 Å². The van der Waals surface area contributed by atoms with Gasteiger partial charge < -0.3 is 10.1 Å². The number of hydrogen-bond acceptors (Lipinski definition) is 4. The molecule has 2 N–H and O–H groups in total. The summed E-state index contributed by atoms with van der Waals surface area (Å²) in [4.78, 5) is 4.71. The van der Waals surface area contributed by atoms with Crippen LogP contribution in [0.5, 0.6) is 0 Å². The van der Waals surface area contributed by atoms with Gasteiger partial charge in [-0.2, -0.15) is 5.10 Å². The minimum absolute atomic E-state index is 0.0121. The fourth-order valence-electron chi connectivity index (χ4n) is 3.05. The van der Waals surface area contributed by atoms with Crippen molar-refractivity contribution in [3.63, 3.8) is 0 Å². The van der Waals surface area contributed by atoms with Crippen LogP contribution in [0, 0.1) is 0 Å². The number of hydrogen-bond donors (Lipinski definition) is 2. The van der Waals surface area contributed by atoms with Crippen molar-refractivity contribution < 1.29 is 4.74 Å². The molecule has 1 aliphatic carbocycles. The SMILES string of the molecule is CC(C)(C)c1n[nH]c([C@H]2CC[C@H]3OCCN[C@@H]3C2)n1. The highest BCUT2D eigenvalue weighted by atomic mass is 16.5. The molecule has 2 heterocycles. The normalized spacial score (nSPS) is 32.1. The van der Waals surface area contributed by atoms with E-state index in [1.165, 1.54) is 0 Å². The molecule has 1 aromatic rings. The lowest BCUT2D eigenvalue weighted by Crippen LogP contribution is -2.51. The van der Waals surface area contributed by atoms with Gasteiger partial charge in [-0.05, 0) is 19.3 Å². The number of H-pyrrole nitrogens is 1. The zero-order valence-corrected chi connectivity index (χ0v) is 12.1. The van der Waals surface area contributed by atoms with Crippen LogP contribution in [0.2, 0.25) is 0 Å². The summed E-state index contributed by atoms with van der Waals surface area (Å²) in [6.45, 7) is 8.26. The predicted molar refractivity (Wildman–Crippen MR) is 73.2 cm³/mol. The zero-order chi connectivity index (χ0) is 13.5. The molecule has 2 fully saturated rings. The molecule has 5 nitrogen and oxygen atoms in total. The molecule has 1 saturated carbocycles. The highest BCUT2D eigenvalue weighted by Gasteiger charge is 2.35. The third-order valence-electron chi connectivity index (χ3n) is 4.19. The number of ether oxygens (including phenoxy) is 1. The van der Waals surface area contributed by atoms with Crippen molar-refractivity contribution in [2.24, 2.45) is 0 Å². The van der Waals surface area contributed by atoms with E-state index in [0.717, 1.165) is 44.1 Å². The minimum Gasteiger partial charge on any atom is -0.375 e. The molecule has 3 rings (SSSR count). The first-order valence-electron chi connectivity index (χ1n) is 7.32. The van der Waals surface area contributed by atoms with Crippen LogP contribution in [-0.2, 0) is 10.2 Å². The first-order valence-corrected chi connectivity index (χ1v) is 7.32. The van der Waals surface area contributed by atoms with Gasteiger partial charge in [0.2, 0.25) is 0 Å². The van der Waals surface area contributed by atoms with E-state index in [9.17, 15) is 0 Å². The third-order valence-corrected chi connectivity index (χ3v) is 4.19. The molecule has 2 aliphatic rings. The second-order valence-corrected chi connectivity index (χ2v) is 6.77. The number of aromatic nitrogens is 3. The van der Waals surface area contributed by atoms with E-state index < -0.39 is 0 Å². The van der Waals surface area contributed by atoms with Crippen LogP contribution in [0.15, 0.2) is 0 Å².